The normalized spacial score (nSPS) is 37.3. The molecule has 0 radical (unpaired) electrons. The van der Waals surface area contributed by atoms with Gasteiger partial charge in [0.2, 0.25) is 0 Å². The number of hydrogen-bond donors (Lipinski definition) is 1. The number of allylic oxidation sites excluding steroid dienone is 6. The minimum Gasteiger partial charge on any atom is -0.389 e. The fourth-order valence-electron chi connectivity index (χ4n) is 4.90. The van der Waals surface area contributed by atoms with Gasteiger partial charge < -0.3 is 5.11 Å². The van der Waals surface area contributed by atoms with Gasteiger partial charge in [0.05, 0.1) is 6.10 Å². The molecule has 0 bridgehead atoms. The third kappa shape index (κ3) is 2.76. The standard InChI is InChI=1S/C21H30O/c1-15-7-4-5-8-17(15)10-11-18-9-6-14-21(3)19(16(2)22)12-13-20(18)21/h10-12,16,20,22H,1,4-9,13-14H2,2-3H3/b17-10-,18-11+/t16?,20?,21-/m1/s1. The first-order valence-electron chi connectivity index (χ1n) is 8.99. The van der Waals surface area contributed by atoms with E-state index in [4.69, 9.17) is 0 Å². The lowest BCUT2D eigenvalue weighted by Gasteiger charge is -2.41. The van der Waals surface area contributed by atoms with E-state index in [1.165, 1.54) is 61.7 Å². The van der Waals surface area contributed by atoms with Crippen molar-refractivity contribution in [2.45, 2.75) is 71.3 Å². The van der Waals surface area contributed by atoms with Gasteiger partial charge in [0.25, 0.3) is 0 Å². The molecule has 2 unspecified atom stereocenters. The predicted octanol–water partition coefficient (Wildman–Crippen LogP) is 5.49. The zero-order valence-electron chi connectivity index (χ0n) is 14.2. The van der Waals surface area contributed by atoms with Crippen molar-refractivity contribution < 1.29 is 5.11 Å². The van der Waals surface area contributed by atoms with Crippen LogP contribution in [0.15, 0.2) is 47.1 Å². The van der Waals surface area contributed by atoms with Crippen LogP contribution in [0.25, 0.3) is 0 Å². The molecule has 0 amide bonds. The average molecular weight is 298 g/mol. The second-order valence-corrected chi connectivity index (χ2v) is 7.64. The highest BCUT2D eigenvalue weighted by Gasteiger charge is 2.45. The van der Waals surface area contributed by atoms with Gasteiger partial charge >= 0.3 is 0 Å². The van der Waals surface area contributed by atoms with E-state index in [0.717, 1.165) is 6.42 Å². The molecule has 3 rings (SSSR count). The molecular formula is C21H30O. The molecule has 0 aliphatic heterocycles. The third-order valence-corrected chi connectivity index (χ3v) is 6.19. The topological polar surface area (TPSA) is 20.2 Å². The molecule has 0 heterocycles. The van der Waals surface area contributed by atoms with E-state index in [-0.39, 0.29) is 11.5 Å². The van der Waals surface area contributed by atoms with E-state index in [2.05, 4.69) is 31.7 Å². The second-order valence-electron chi connectivity index (χ2n) is 7.64. The van der Waals surface area contributed by atoms with Crippen molar-refractivity contribution in [2.75, 3.05) is 0 Å². The minimum absolute atomic E-state index is 0.181. The molecule has 2 saturated carbocycles. The summed E-state index contributed by atoms with van der Waals surface area (Å²) >= 11 is 0. The predicted molar refractivity (Wildman–Crippen MR) is 93.6 cm³/mol. The maximum absolute atomic E-state index is 10.1. The fraction of sp³-hybridized carbons (Fsp3) is 0.619. The first kappa shape index (κ1) is 15.8. The van der Waals surface area contributed by atoms with Gasteiger partial charge in [-0.05, 0) is 80.8 Å². The van der Waals surface area contributed by atoms with E-state index >= 15 is 0 Å². The molecule has 0 saturated heterocycles. The van der Waals surface area contributed by atoms with Crippen LogP contribution in [-0.2, 0) is 0 Å². The number of fused-ring (bicyclic) bond motifs is 1. The maximum atomic E-state index is 10.1. The summed E-state index contributed by atoms with van der Waals surface area (Å²) in [6.07, 6.45) is 16.5. The molecule has 3 aliphatic rings. The van der Waals surface area contributed by atoms with E-state index in [1.807, 2.05) is 6.92 Å². The first-order valence-corrected chi connectivity index (χ1v) is 8.99. The van der Waals surface area contributed by atoms with Crippen LogP contribution in [-0.4, -0.2) is 11.2 Å². The lowest BCUT2D eigenvalue weighted by molar-refractivity contribution is 0.158. The summed E-state index contributed by atoms with van der Waals surface area (Å²) in [5.74, 6) is 0.597. The zero-order chi connectivity index (χ0) is 15.7. The van der Waals surface area contributed by atoms with Crippen LogP contribution in [0.5, 0.6) is 0 Å². The summed E-state index contributed by atoms with van der Waals surface area (Å²) < 4.78 is 0. The Balaban J connectivity index is 1.82. The van der Waals surface area contributed by atoms with Crippen LogP contribution >= 0.6 is 0 Å². The number of aliphatic hydroxyl groups is 1. The fourth-order valence-corrected chi connectivity index (χ4v) is 4.90. The van der Waals surface area contributed by atoms with Gasteiger partial charge in [-0.25, -0.2) is 0 Å². The van der Waals surface area contributed by atoms with Crippen LogP contribution in [0.2, 0.25) is 0 Å². The highest BCUT2D eigenvalue weighted by Crippen LogP contribution is 2.55. The monoisotopic (exact) mass is 298 g/mol. The summed E-state index contributed by atoms with van der Waals surface area (Å²) in [7, 11) is 0. The Morgan fingerprint density at radius 1 is 1.23 bits per heavy atom. The van der Waals surface area contributed by atoms with E-state index < -0.39 is 0 Å². The molecule has 1 N–H and O–H groups in total. The molecule has 0 aromatic heterocycles. The summed E-state index contributed by atoms with van der Waals surface area (Å²) in [5.41, 5.74) is 5.85. The SMILES string of the molecule is C=C1CCCC/C1=C/C=C1\CCC[C@]2(C)C(C(C)O)=CCC12. The van der Waals surface area contributed by atoms with Crippen LogP contribution in [0.1, 0.15) is 65.2 Å². The van der Waals surface area contributed by atoms with Gasteiger partial charge in [0, 0.05) is 0 Å². The van der Waals surface area contributed by atoms with Crippen LogP contribution < -0.4 is 0 Å². The molecule has 1 nitrogen and oxygen atoms in total. The largest absolute Gasteiger partial charge is 0.389 e. The van der Waals surface area contributed by atoms with Gasteiger partial charge in [0.15, 0.2) is 0 Å². The highest BCUT2D eigenvalue weighted by atomic mass is 16.3. The maximum Gasteiger partial charge on any atom is 0.0727 e. The van der Waals surface area contributed by atoms with Gasteiger partial charge in [-0.2, -0.15) is 0 Å². The molecule has 3 aliphatic carbocycles. The van der Waals surface area contributed by atoms with Gasteiger partial charge in [-0.1, -0.05) is 42.9 Å². The van der Waals surface area contributed by atoms with Gasteiger partial charge in [0.1, 0.15) is 0 Å². The molecule has 2 fully saturated rings. The lowest BCUT2D eigenvalue weighted by atomic mass is 9.63. The molecule has 0 aromatic carbocycles. The van der Waals surface area contributed by atoms with Crippen molar-refractivity contribution in [3.8, 4) is 0 Å². The summed E-state index contributed by atoms with van der Waals surface area (Å²) in [4.78, 5) is 0. The van der Waals surface area contributed by atoms with Crippen molar-refractivity contribution in [3.05, 3.63) is 47.1 Å². The quantitative estimate of drug-likeness (QED) is 0.669. The molecular weight excluding hydrogens is 268 g/mol. The van der Waals surface area contributed by atoms with Crippen LogP contribution in [0.4, 0.5) is 0 Å². The Hall–Kier alpha value is -1.08. The first-order chi connectivity index (χ1) is 10.5. The number of aliphatic hydroxyl groups excluding tert-OH is 1. The summed E-state index contributed by atoms with van der Waals surface area (Å²) in [6, 6.07) is 0. The van der Waals surface area contributed by atoms with Crippen molar-refractivity contribution in [3.63, 3.8) is 0 Å². The molecule has 22 heavy (non-hydrogen) atoms. The van der Waals surface area contributed by atoms with Crippen molar-refractivity contribution >= 4 is 0 Å². The lowest BCUT2D eigenvalue weighted by Crippen LogP contribution is -2.33. The smallest absolute Gasteiger partial charge is 0.0727 e. The summed E-state index contributed by atoms with van der Waals surface area (Å²) in [6.45, 7) is 8.52. The summed E-state index contributed by atoms with van der Waals surface area (Å²) in [5, 5.41) is 10.1. The van der Waals surface area contributed by atoms with Crippen molar-refractivity contribution in [2.24, 2.45) is 11.3 Å². The zero-order valence-corrected chi connectivity index (χ0v) is 14.2. The molecule has 0 aromatic rings. The molecule has 120 valence electrons. The Morgan fingerprint density at radius 3 is 2.73 bits per heavy atom. The van der Waals surface area contributed by atoms with E-state index in [1.54, 1.807) is 5.57 Å². The Labute approximate surface area is 135 Å². The van der Waals surface area contributed by atoms with Crippen molar-refractivity contribution in [1.29, 1.82) is 0 Å². The average Bonchev–Trinajstić information content (AvgIpc) is 2.84. The van der Waals surface area contributed by atoms with Gasteiger partial charge in [-0.15, -0.1) is 0 Å². The van der Waals surface area contributed by atoms with E-state index in [0.29, 0.717) is 5.92 Å². The molecule has 3 atom stereocenters. The van der Waals surface area contributed by atoms with E-state index in [9.17, 15) is 5.11 Å². The molecule has 0 spiro atoms. The van der Waals surface area contributed by atoms with Crippen LogP contribution in [0, 0.1) is 11.3 Å². The minimum atomic E-state index is -0.300. The highest BCUT2D eigenvalue weighted by molar-refractivity contribution is 5.38. The number of rotatable bonds is 2. The third-order valence-electron chi connectivity index (χ3n) is 6.19. The second kappa shape index (κ2) is 6.20. The Morgan fingerprint density at radius 2 is 2.00 bits per heavy atom. The van der Waals surface area contributed by atoms with Crippen molar-refractivity contribution in [1.82, 2.24) is 0 Å². The van der Waals surface area contributed by atoms with Crippen LogP contribution in [0.3, 0.4) is 0 Å². The Kier molecular flexibility index (Phi) is 4.45. The number of hydrogen-bond acceptors (Lipinski definition) is 1. The molecule has 1 heteroatoms. The van der Waals surface area contributed by atoms with Gasteiger partial charge in [-0.3, -0.25) is 0 Å². The Bertz CT molecular complexity index is 546.